The molecule has 0 spiro atoms. The van der Waals surface area contributed by atoms with Gasteiger partial charge in [0.25, 0.3) is 5.78 Å². The van der Waals surface area contributed by atoms with Crippen molar-refractivity contribution in [2.45, 2.75) is 32.5 Å². The summed E-state index contributed by atoms with van der Waals surface area (Å²) in [4.78, 5) is 24.6. The highest BCUT2D eigenvalue weighted by Crippen LogP contribution is 2.25. The average Bonchev–Trinajstić information content (AvgIpc) is 2.59. The third-order valence-corrected chi connectivity index (χ3v) is 1.87. The lowest BCUT2D eigenvalue weighted by atomic mass is 10.2. The van der Waals surface area contributed by atoms with Gasteiger partial charge in [-0.25, -0.2) is 4.79 Å². The summed E-state index contributed by atoms with van der Waals surface area (Å²) in [5, 5.41) is 2.09. The van der Waals surface area contributed by atoms with Gasteiger partial charge in [-0.2, -0.15) is 13.2 Å². The van der Waals surface area contributed by atoms with E-state index in [0.29, 0.717) is 0 Å². The number of nitrogens with one attached hydrogen (secondary N) is 2. The van der Waals surface area contributed by atoms with Crippen LogP contribution in [0.2, 0.25) is 0 Å². The van der Waals surface area contributed by atoms with Crippen molar-refractivity contribution in [3.05, 3.63) is 18.0 Å². The third kappa shape index (κ3) is 4.31. The first kappa shape index (κ1) is 15.1. The van der Waals surface area contributed by atoms with Crippen molar-refractivity contribution in [1.82, 2.24) is 4.98 Å². The Labute approximate surface area is 107 Å². The van der Waals surface area contributed by atoms with Gasteiger partial charge in [-0.1, -0.05) is 0 Å². The molecule has 0 saturated heterocycles. The van der Waals surface area contributed by atoms with E-state index in [-0.39, 0.29) is 5.69 Å². The van der Waals surface area contributed by atoms with E-state index in [0.717, 1.165) is 12.3 Å². The molecule has 0 saturated carbocycles. The Morgan fingerprint density at radius 2 is 1.84 bits per heavy atom. The molecule has 2 N–H and O–H groups in total. The van der Waals surface area contributed by atoms with Gasteiger partial charge in [-0.3, -0.25) is 10.1 Å². The van der Waals surface area contributed by atoms with Gasteiger partial charge in [-0.15, -0.1) is 0 Å². The second kappa shape index (κ2) is 4.94. The van der Waals surface area contributed by atoms with Crippen LogP contribution in [0, 0.1) is 0 Å². The molecular formula is C11H13F3N2O3. The molecule has 1 heterocycles. The fourth-order valence-corrected chi connectivity index (χ4v) is 1.22. The van der Waals surface area contributed by atoms with Crippen LogP contribution in [0.25, 0.3) is 0 Å². The molecule has 0 radical (unpaired) electrons. The number of hydrogen-bond donors (Lipinski definition) is 2. The number of anilines is 1. The minimum Gasteiger partial charge on any atom is -0.444 e. The Balaban J connectivity index is 2.85. The monoisotopic (exact) mass is 278 g/mol. The fraction of sp³-hybridized carbons (Fsp3) is 0.455. The van der Waals surface area contributed by atoms with Gasteiger partial charge in [0.15, 0.2) is 0 Å². The number of aromatic nitrogens is 1. The standard InChI is InChI=1S/C11H13F3N2O3/c1-10(2,3)19-9(18)16-6-4-5-15-7(6)8(17)11(12,13)14/h4-5,15H,1-3H3,(H,16,18). The number of aromatic amines is 1. The summed E-state index contributed by atoms with van der Waals surface area (Å²) in [6, 6.07) is 1.14. The number of carbonyl (C=O) groups is 2. The summed E-state index contributed by atoms with van der Waals surface area (Å²) >= 11 is 0. The van der Waals surface area contributed by atoms with E-state index < -0.39 is 29.3 Å². The Hall–Kier alpha value is -1.99. The molecule has 19 heavy (non-hydrogen) atoms. The van der Waals surface area contributed by atoms with Crippen molar-refractivity contribution in [2.24, 2.45) is 0 Å². The predicted molar refractivity (Wildman–Crippen MR) is 61.0 cm³/mol. The molecule has 0 aliphatic rings. The van der Waals surface area contributed by atoms with Gasteiger partial charge in [0.2, 0.25) is 0 Å². The van der Waals surface area contributed by atoms with Crippen molar-refractivity contribution in [2.75, 3.05) is 5.32 Å². The van der Waals surface area contributed by atoms with Gasteiger partial charge in [-0.05, 0) is 26.8 Å². The molecule has 5 nitrogen and oxygen atoms in total. The lowest BCUT2D eigenvalue weighted by Crippen LogP contribution is -2.29. The zero-order valence-corrected chi connectivity index (χ0v) is 10.5. The largest absolute Gasteiger partial charge is 0.456 e. The lowest BCUT2D eigenvalue weighted by Gasteiger charge is -2.19. The summed E-state index contributed by atoms with van der Waals surface area (Å²) in [6.45, 7) is 4.81. The Bertz CT molecular complexity index is 486. The number of ketones is 1. The minimum atomic E-state index is -5.02. The first-order chi connectivity index (χ1) is 8.50. The van der Waals surface area contributed by atoms with E-state index in [2.05, 4.69) is 10.3 Å². The molecule has 106 valence electrons. The number of ether oxygens (including phenoxy) is 1. The molecule has 0 aromatic carbocycles. The maximum Gasteiger partial charge on any atom is 0.456 e. The molecule has 1 amide bonds. The second-order valence-electron chi connectivity index (χ2n) is 4.72. The molecule has 8 heteroatoms. The van der Waals surface area contributed by atoms with Crippen molar-refractivity contribution in [3.8, 4) is 0 Å². The smallest absolute Gasteiger partial charge is 0.444 e. The van der Waals surface area contributed by atoms with E-state index in [9.17, 15) is 22.8 Å². The number of rotatable bonds is 2. The average molecular weight is 278 g/mol. The topological polar surface area (TPSA) is 71.2 Å². The van der Waals surface area contributed by atoms with Crippen LogP contribution in [0.15, 0.2) is 12.3 Å². The molecule has 1 aromatic heterocycles. The van der Waals surface area contributed by atoms with Crippen molar-refractivity contribution in [3.63, 3.8) is 0 Å². The molecule has 0 unspecified atom stereocenters. The van der Waals surface area contributed by atoms with Crippen molar-refractivity contribution < 1.29 is 27.5 Å². The number of amides is 1. The van der Waals surface area contributed by atoms with Crippen molar-refractivity contribution >= 4 is 17.6 Å². The molecule has 0 bridgehead atoms. The number of Topliss-reactive ketones (excluding diaryl/α,β-unsaturated/α-hetero) is 1. The molecule has 0 aliphatic carbocycles. The molecule has 0 aliphatic heterocycles. The summed E-state index contributed by atoms with van der Waals surface area (Å²) in [6.07, 6.45) is -4.84. The maximum atomic E-state index is 12.3. The number of alkyl halides is 3. The summed E-state index contributed by atoms with van der Waals surface area (Å²) in [5.74, 6) is -2.07. The fourth-order valence-electron chi connectivity index (χ4n) is 1.22. The quantitative estimate of drug-likeness (QED) is 0.816. The SMILES string of the molecule is CC(C)(C)OC(=O)Nc1cc[nH]c1C(=O)C(F)(F)F. The number of carbonyl (C=O) groups excluding carboxylic acids is 2. The molecule has 1 rings (SSSR count). The summed E-state index contributed by atoms with van der Waals surface area (Å²) < 4.78 is 41.7. The highest BCUT2D eigenvalue weighted by molar-refractivity contribution is 6.05. The first-order valence-corrected chi connectivity index (χ1v) is 5.29. The van der Waals surface area contributed by atoms with Gasteiger partial charge >= 0.3 is 12.3 Å². The van der Waals surface area contributed by atoms with E-state index in [1.807, 2.05) is 0 Å². The van der Waals surface area contributed by atoms with Crippen LogP contribution >= 0.6 is 0 Å². The number of H-pyrrole nitrogens is 1. The Morgan fingerprint density at radius 1 is 1.26 bits per heavy atom. The van der Waals surface area contributed by atoms with Crippen LogP contribution in [0.5, 0.6) is 0 Å². The third-order valence-electron chi connectivity index (χ3n) is 1.87. The minimum absolute atomic E-state index is 0.281. The van der Waals surface area contributed by atoms with Crippen LogP contribution in [-0.2, 0) is 4.74 Å². The Kier molecular flexibility index (Phi) is 3.92. The predicted octanol–water partition coefficient (Wildman–Crippen LogP) is 3.11. The Morgan fingerprint density at radius 3 is 2.32 bits per heavy atom. The first-order valence-electron chi connectivity index (χ1n) is 5.29. The summed E-state index contributed by atoms with van der Waals surface area (Å²) in [5.41, 5.74) is -1.82. The van der Waals surface area contributed by atoms with Crippen LogP contribution < -0.4 is 5.32 Å². The van der Waals surface area contributed by atoms with Crippen LogP contribution in [0.1, 0.15) is 31.3 Å². The highest BCUT2D eigenvalue weighted by Gasteiger charge is 2.41. The normalized spacial score (nSPS) is 12.1. The molecular weight excluding hydrogens is 265 g/mol. The number of halogens is 3. The lowest BCUT2D eigenvalue weighted by molar-refractivity contribution is -0.0887. The van der Waals surface area contributed by atoms with Gasteiger partial charge < -0.3 is 9.72 Å². The number of hydrogen-bond acceptors (Lipinski definition) is 3. The van der Waals surface area contributed by atoms with Crippen molar-refractivity contribution in [1.29, 1.82) is 0 Å². The zero-order chi connectivity index (χ0) is 14.8. The molecule has 1 aromatic rings. The van der Waals surface area contributed by atoms with Crippen LogP contribution in [0.4, 0.5) is 23.7 Å². The summed E-state index contributed by atoms with van der Waals surface area (Å²) in [7, 11) is 0. The van der Waals surface area contributed by atoms with Crippen LogP contribution in [-0.4, -0.2) is 28.6 Å². The highest BCUT2D eigenvalue weighted by atomic mass is 19.4. The van der Waals surface area contributed by atoms with E-state index in [4.69, 9.17) is 4.74 Å². The van der Waals surface area contributed by atoms with Crippen LogP contribution in [0.3, 0.4) is 0 Å². The van der Waals surface area contributed by atoms with E-state index in [1.165, 1.54) is 0 Å². The van der Waals surface area contributed by atoms with Gasteiger partial charge in [0, 0.05) is 6.20 Å². The second-order valence-corrected chi connectivity index (χ2v) is 4.72. The molecule has 0 atom stereocenters. The van der Waals surface area contributed by atoms with Gasteiger partial charge in [0.05, 0.1) is 5.69 Å². The van der Waals surface area contributed by atoms with Gasteiger partial charge in [0.1, 0.15) is 11.3 Å². The maximum absolute atomic E-state index is 12.3. The van der Waals surface area contributed by atoms with E-state index in [1.54, 1.807) is 20.8 Å². The molecule has 0 fully saturated rings. The zero-order valence-electron chi connectivity index (χ0n) is 10.5. The van der Waals surface area contributed by atoms with E-state index >= 15 is 0 Å².